The van der Waals surface area contributed by atoms with Crippen LogP contribution in [0.5, 0.6) is 0 Å². The molecule has 4 heteroatoms. The average Bonchev–Trinajstić information content (AvgIpc) is 2.86. The Bertz CT molecular complexity index is 332. The van der Waals surface area contributed by atoms with Crippen LogP contribution in [0.4, 0.5) is 4.79 Å². The molecule has 3 unspecified atom stereocenters. The summed E-state index contributed by atoms with van der Waals surface area (Å²) >= 11 is 0. The lowest BCUT2D eigenvalue weighted by atomic mass is 9.95. The molecule has 110 valence electrons. The smallest absolute Gasteiger partial charge is 0.408 e. The second-order valence-corrected chi connectivity index (χ2v) is 7.24. The molecule has 19 heavy (non-hydrogen) atoms. The van der Waals surface area contributed by atoms with Crippen molar-refractivity contribution in [3.05, 3.63) is 0 Å². The first kappa shape index (κ1) is 14.6. The molecule has 1 saturated heterocycles. The molecule has 2 N–H and O–H groups in total. The number of amides is 1. The monoisotopic (exact) mass is 268 g/mol. The first-order valence-corrected chi connectivity index (χ1v) is 7.55. The highest BCUT2D eigenvalue weighted by atomic mass is 16.6. The van der Waals surface area contributed by atoms with E-state index in [1.54, 1.807) is 0 Å². The van der Waals surface area contributed by atoms with E-state index in [4.69, 9.17) is 4.74 Å². The highest BCUT2D eigenvalue weighted by Gasteiger charge is 2.53. The first-order chi connectivity index (χ1) is 8.81. The summed E-state index contributed by atoms with van der Waals surface area (Å²) in [7, 11) is 0. The van der Waals surface area contributed by atoms with Crippen molar-refractivity contribution in [1.82, 2.24) is 10.6 Å². The zero-order chi connectivity index (χ0) is 14.1. The third-order valence-electron chi connectivity index (χ3n) is 4.23. The number of nitrogens with one attached hydrogen (secondary N) is 2. The summed E-state index contributed by atoms with van der Waals surface area (Å²) < 4.78 is 5.38. The fraction of sp³-hybridized carbons (Fsp3) is 0.933. The normalized spacial score (nSPS) is 34.7. The van der Waals surface area contributed by atoms with E-state index in [2.05, 4.69) is 17.6 Å². The second-order valence-electron chi connectivity index (χ2n) is 7.24. The molecule has 0 radical (unpaired) electrons. The summed E-state index contributed by atoms with van der Waals surface area (Å²) in [4.78, 5) is 11.9. The van der Waals surface area contributed by atoms with Gasteiger partial charge in [-0.3, -0.25) is 0 Å². The molecular formula is C15H28N2O2. The minimum absolute atomic E-state index is 0.0304. The van der Waals surface area contributed by atoms with Crippen molar-refractivity contribution in [3.63, 3.8) is 0 Å². The maximum absolute atomic E-state index is 11.9. The van der Waals surface area contributed by atoms with Crippen LogP contribution in [0.15, 0.2) is 0 Å². The number of alkyl carbamates (subject to hydrolysis) is 1. The first-order valence-electron chi connectivity index (χ1n) is 7.55. The molecule has 0 bridgehead atoms. The number of rotatable bonds is 3. The highest BCUT2D eigenvalue weighted by molar-refractivity contribution is 5.69. The van der Waals surface area contributed by atoms with E-state index >= 15 is 0 Å². The molecule has 1 heterocycles. The number of piperidine rings is 1. The minimum Gasteiger partial charge on any atom is -0.444 e. The van der Waals surface area contributed by atoms with Gasteiger partial charge in [-0.25, -0.2) is 4.79 Å². The molecule has 1 aliphatic heterocycles. The van der Waals surface area contributed by atoms with Gasteiger partial charge in [0.2, 0.25) is 0 Å². The number of carbonyl (C=O) groups is 1. The van der Waals surface area contributed by atoms with Gasteiger partial charge in [0.15, 0.2) is 0 Å². The molecule has 3 atom stereocenters. The summed E-state index contributed by atoms with van der Waals surface area (Å²) in [6.07, 6.45) is 5.64. The van der Waals surface area contributed by atoms with Gasteiger partial charge in [0, 0.05) is 11.6 Å². The molecule has 0 spiro atoms. The van der Waals surface area contributed by atoms with Crippen LogP contribution in [-0.2, 0) is 4.74 Å². The van der Waals surface area contributed by atoms with Crippen LogP contribution in [0.3, 0.4) is 0 Å². The Kier molecular flexibility index (Phi) is 4.09. The molecule has 2 fully saturated rings. The summed E-state index contributed by atoms with van der Waals surface area (Å²) in [6, 6.07) is 0.550. The number of carbonyl (C=O) groups excluding carboxylic acids is 1. The topological polar surface area (TPSA) is 50.4 Å². The van der Waals surface area contributed by atoms with Gasteiger partial charge in [-0.15, -0.1) is 0 Å². The van der Waals surface area contributed by atoms with Crippen LogP contribution >= 0.6 is 0 Å². The molecule has 2 aliphatic rings. The van der Waals surface area contributed by atoms with Crippen molar-refractivity contribution in [2.45, 2.75) is 77.0 Å². The fourth-order valence-corrected chi connectivity index (χ4v) is 3.04. The van der Waals surface area contributed by atoms with Crippen molar-refractivity contribution >= 4 is 6.09 Å². The van der Waals surface area contributed by atoms with E-state index in [0.717, 1.165) is 19.4 Å². The van der Waals surface area contributed by atoms with Gasteiger partial charge in [0.1, 0.15) is 5.60 Å². The predicted molar refractivity (Wildman–Crippen MR) is 76.1 cm³/mol. The standard InChI is InChI=1S/C15H28N2O2/c1-11-9-15(11,10-12-7-5-6-8-16-12)17-13(18)19-14(2,3)4/h11-12,16H,5-10H2,1-4H3,(H,17,18). The Morgan fingerprint density at radius 1 is 1.42 bits per heavy atom. The average molecular weight is 268 g/mol. The molecule has 0 aromatic rings. The Morgan fingerprint density at radius 2 is 2.11 bits per heavy atom. The quantitative estimate of drug-likeness (QED) is 0.827. The van der Waals surface area contributed by atoms with Gasteiger partial charge in [-0.1, -0.05) is 13.3 Å². The fourth-order valence-electron chi connectivity index (χ4n) is 3.04. The molecule has 1 saturated carbocycles. The van der Waals surface area contributed by atoms with Crippen LogP contribution in [0.25, 0.3) is 0 Å². The van der Waals surface area contributed by atoms with E-state index in [1.165, 1.54) is 19.3 Å². The highest BCUT2D eigenvalue weighted by Crippen LogP contribution is 2.47. The van der Waals surface area contributed by atoms with Crippen molar-refractivity contribution in [3.8, 4) is 0 Å². The maximum Gasteiger partial charge on any atom is 0.408 e. The molecular weight excluding hydrogens is 240 g/mol. The Labute approximate surface area is 116 Å². The Morgan fingerprint density at radius 3 is 2.58 bits per heavy atom. The summed E-state index contributed by atoms with van der Waals surface area (Å²) in [5.74, 6) is 0.559. The van der Waals surface area contributed by atoms with Crippen molar-refractivity contribution < 1.29 is 9.53 Å². The van der Waals surface area contributed by atoms with Crippen LogP contribution in [0.2, 0.25) is 0 Å². The third-order valence-corrected chi connectivity index (χ3v) is 4.23. The van der Waals surface area contributed by atoms with Crippen LogP contribution in [-0.4, -0.2) is 29.8 Å². The van der Waals surface area contributed by atoms with Gasteiger partial charge in [0.05, 0.1) is 0 Å². The van der Waals surface area contributed by atoms with Crippen LogP contribution < -0.4 is 10.6 Å². The van der Waals surface area contributed by atoms with Gasteiger partial charge in [-0.2, -0.15) is 0 Å². The van der Waals surface area contributed by atoms with Gasteiger partial charge < -0.3 is 15.4 Å². The van der Waals surface area contributed by atoms with Crippen molar-refractivity contribution in [2.24, 2.45) is 5.92 Å². The summed E-state index contributed by atoms with van der Waals surface area (Å²) in [5.41, 5.74) is -0.455. The van der Waals surface area contributed by atoms with Gasteiger partial charge >= 0.3 is 6.09 Å². The zero-order valence-corrected chi connectivity index (χ0v) is 12.7. The summed E-state index contributed by atoms with van der Waals surface area (Å²) in [6.45, 7) is 9.02. The largest absolute Gasteiger partial charge is 0.444 e. The lowest BCUT2D eigenvalue weighted by molar-refractivity contribution is 0.0484. The van der Waals surface area contributed by atoms with E-state index in [1.807, 2.05) is 20.8 Å². The van der Waals surface area contributed by atoms with Crippen molar-refractivity contribution in [1.29, 1.82) is 0 Å². The molecule has 0 aromatic carbocycles. The van der Waals surface area contributed by atoms with Crippen LogP contribution in [0.1, 0.15) is 59.8 Å². The summed E-state index contributed by atoms with van der Waals surface area (Å²) in [5, 5.41) is 6.68. The third kappa shape index (κ3) is 4.10. The number of ether oxygens (including phenoxy) is 1. The Hall–Kier alpha value is -0.770. The lowest BCUT2D eigenvalue weighted by Gasteiger charge is -2.30. The Balaban J connectivity index is 1.86. The number of hydrogen-bond acceptors (Lipinski definition) is 3. The van der Waals surface area contributed by atoms with E-state index < -0.39 is 5.60 Å². The SMILES string of the molecule is CC1CC1(CC1CCCCN1)NC(=O)OC(C)(C)C. The zero-order valence-electron chi connectivity index (χ0n) is 12.7. The molecule has 4 nitrogen and oxygen atoms in total. The lowest BCUT2D eigenvalue weighted by Crippen LogP contribution is -2.47. The molecule has 2 rings (SSSR count). The van der Waals surface area contributed by atoms with E-state index in [0.29, 0.717) is 12.0 Å². The van der Waals surface area contributed by atoms with Crippen LogP contribution in [0, 0.1) is 5.92 Å². The van der Waals surface area contributed by atoms with E-state index in [9.17, 15) is 4.79 Å². The van der Waals surface area contributed by atoms with E-state index in [-0.39, 0.29) is 11.6 Å². The van der Waals surface area contributed by atoms with Gasteiger partial charge in [0.25, 0.3) is 0 Å². The minimum atomic E-state index is -0.424. The molecule has 1 aliphatic carbocycles. The molecule has 1 amide bonds. The number of hydrogen-bond donors (Lipinski definition) is 2. The second kappa shape index (κ2) is 5.31. The predicted octanol–water partition coefficient (Wildman–Crippen LogP) is 2.82. The van der Waals surface area contributed by atoms with Crippen molar-refractivity contribution in [2.75, 3.05) is 6.54 Å². The maximum atomic E-state index is 11.9. The van der Waals surface area contributed by atoms with Gasteiger partial charge in [-0.05, 0) is 58.9 Å². The molecule has 0 aromatic heterocycles.